The van der Waals surface area contributed by atoms with Crippen LogP contribution in [0.3, 0.4) is 0 Å². The summed E-state index contributed by atoms with van der Waals surface area (Å²) < 4.78 is 10.2. The summed E-state index contributed by atoms with van der Waals surface area (Å²) in [6.45, 7) is 2.15. The van der Waals surface area contributed by atoms with Crippen LogP contribution in [0.2, 0.25) is 0 Å². The highest BCUT2D eigenvalue weighted by atomic mass is 16.7. The molecule has 0 radical (unpaired) electrons. The molecule has 0 saturated carbocycles. The van der Waals surface area contributed by atoms with Gasteiger partial charge in [-0.1, -0.05) is 16.8 Å². The van der Waals surface area contributed by atoms with Gasteiger partial charge >= 0.3 is 0 Å². The van der Waals surface area contributed by atoms with Gasteiger partial charge in [-0.15, -0.1) is 0 Å². The van der Waals surface area contributed by atoms with Crippen LogP contribution in [0.1, 0.15) is 13.3 Å². The lowest BCUT2D eigenvalue weighted by Crippen LogP contribution is -2.47. The Kier molecular flexibility index (Phi) is 4.58. The van der Waals surface area contributed by atoms with Crippen molar-refractivity contribution < 1.29 is 9.47 Å². The molecule has 3 atom stereocenters. The molecule has 0 spiro atoms. The lowest BCUT2D eigenvalue weighted by molar-refractivity contribution is -0.0662. The number of methoxy groups -OCH3 is 1. The summed E-state index contributed by atoms with van der Waals surface area (Å²) in [4.78, 5) is 2.79. The Morgan fingerprint density at radius 3 is 3.07 bits per heavy atom. The normalized spacial score (nSPS) is 30.6. The molecular formula is C9H16N4O2. The molecule has 6 heteroatoms. The highest BCUT2D eigenvalue weighted by Gasteiger charge is 2.29. The predicted octanol–water partition coefficient (Wildman–Crippen LogP) is 1.33. The van der Waals surface area contributed by atoms with Crippen LogP contribution in [-0.2, 0) is 9.47 Å². The van der Waals surface area contributed by atoms with Gasteiger partial charge in [0.25, 0.3) is 0 Å². The van der Waals surface area contributed by atoms with Crippen LogP contribution in [0.5, 0.6) is 0 Å². The first-order valence-corrected chi connectivity index (χ1v) is 4.76. The van der Waals surface area contributed by atoms with E-state index in [-0.39, 0.29) is 25.0 Å². The molecule has 1 rings (SSSR count). The molecule has 0 aromatic heterocycles. The number of rotatable bonds is 4. The Labute approximate surface area is 88.7 Å². The summed E-state index contributed by atoms with van der Waals surface area (Å²) in [5.41, 5.74) is 15.4. The fraction of sp³-hybridized carbons (Fsp3) is 0.778. The second-order valence-electron chi connectivity index (χ2n) is 3.60. The average molecular weight is 212 g/mol. The van der Waals surface area contributed by atoms with E-state index < -0.39 is 0 Å². The largest absolute Gasteiger partial charge is 0.359 e. The zero-order chi connectivity index (χ0) is 11.3. The van der Waals surface area contributed by atoms with Crippen molar-refractivity contribution in [1.82, 2.24) is 0 Å². The fourth-order valence-corrected chi connectivity index (χ4v) is 1.63. The van der Waals surface area contributed by atoms with Crippen LogP contribution in [-0.4, -0.2) is 32.1 Å². The highest BCUT2D eigenvalue weighted by Crippen LogP contribution is 2.22. The van der Waals surface area contributed by atoms with E-state index in [1.54, 1.807) is 7.11 Å². The molecule has 1 aliphatic rings. The zero-order valence-electron chi connectivity index (χ0n) is 8.96. The monoisotopic (exact) mass is 212 g/mol. The molecule has 0 fully saturated rings. The molecule has 0 aromatic carbocycles. The van der Waals surface area contributed by atoms with Crippen molar-refractivity contribution in [3.63, 3.8) is 0 Å². The maximum absolute atomic E-state index is 8.40. The van der Waals surface area contributed by atoms with Crippen molar-refractivity contribution in [3.8, 4) is 0 Å². The summed E-state index contributed by atoms with van der Waals surface area (Å²) in [7, 11) is 1.55. The van der Waals surface area contributed by atoms with Crippen molar-refractivity contribution in [2.45, 2.75) is 31.5 Å². The van der Waals surface area contributed by atoms with Crippen molar-refractivity contribution in [3.05, 3.63) is 22.1 Å². The summed E-state index contributed by atoms with van der Waals surface area (Å²) in [6, 6.07) is -0.540. The van der Waals surface area contributed by atoms with Crippen LogP contribution in [0.15, 0.2) is 16.8 Å². The molecule has 6 nitrogen and oxygen atoms in total. The number of azide groups is 1. The van der Waals surface area contributed by atoms with Gasteiger partial charge in [-0.2, -0.15) is 0 Å². The number of ether oxygens (including phenoxy) is 2. The molecule has 3 unspecified atom stereocenters. The van der Waals surface area contributed by atoms with Crippen LogP contribution in [0.4, 0.5) is 0 Å². The number of hydrogen-bond acceptors (Lipinski definition) is 4. The van der Waals surface area contributed by atoms with E-state index in [0.717, 1.165) is 5.57 Å². The van der Waals surface area contributed by atoms with Crippen molar-refractivity contribution >= 4 is 0 Å². The third-order valence-corrected chi connectivity index (χ3v) is 2.38. The quantitative estimate of drug-likeness (QED) is 0.250. The Bertz CT molecular complexity index is 286. The fourth-order valence-electron chi connectivity index (χ4n) is 1.63. The van der Waals surface area contributed by atoms with E-state index in [1.165, 1.54) is 0 Å². The van der Waals surface area contributed by atoms with Gasteiger partial charge in [-0.3, -0.25) is 0 Å². The van der Waals surface area contributed by atoms with Crippen LogP contribution in [0.25, 0.3) is 10.4 Å². The second kappa shape index (κ2) is 5.72. The molecule has 0 aromatic rings. The first-order valence-electron chi connectivity index (χ1n) is 4.76. The molecule has 15 heavy (non-hydrogen) atoms. The Hall–Kier alpha value is -1.07. The van der Waals surface area contributed by atoms with Crippen LogP contribution < -0.4 is 5.73 Å². The topological polar surface area (TPSA) is 93.2 Å². The van der Waals surface area contributed by atoms with Gasteiger partial charge < -0.3 is 15.2 Å². The van der Waals surface area contributed by atoms with Crippen molar-refractivity contribution in [2.24, 2.45) is 10.8 Å². The zero-order valence-corrected chi connectivity index (χ0v) is 8.96. The van der Waals surface area contributed by atoms with E-state index in [4.69, 9.17) is 20.7 Å². The maximum Gasteiger partial charge on any atom is 0.147 e. The summed E-state index contributed by atoms with van der Waals surface area (Å²) >= 11 is 0. The van der Waals surface area contributed by atoms with Gasteiger partial charge in [-0.05, 0) is 18.9 Å². The third-order valence-electron chi connectivity index (χ3n) is 2.38. The van der Waals surface area contributed by atoms with E-state index in [0.29, 0.717) is 6.42 Å². The first kappa shape index (κ1) is 12.0. The van der Waals surface area contributed by atoms with Gasteiger partial charge in [0.15, 0.2) is 0 Å². The summed E-state index contributed by atoms with van der Waals surface area (Å²) in [6.07, 6.45) is 2.40. The number of nitrogens with two attached hydrogens (primary N) is 1. The van der Waals surface area contributed by atoms with Crippen molar-refractivity contribution in [2.75, 3.05) is 13.9 Å². The standard InChI is InChI=1S/C9H16N4O2/c1-6-3-7(12-13-11)9(10)8(4-6)15-5-14-2/h4,7-9H,3,5,10H2,1-2H3. The summed E-state index contributed by atoms with van der Waals surface area (Å²) in [5.74, 6) is 0. The smallest absolute Gasteiger partial charge is 0.147 e. The number of nitrogens with zero attached hydrogens (tertiary/aromatic N) is 3. The Morgan fingerprint density at radius 1 is 1.73 bits per heavy atom. The van der Waals surface area contributed by atoms with Gasteiger partial charge in [0.05, 0.1) is 12.1 Å². The van der Waals surface area contributed by atoms with Gasteiger partial charge in [0.1, 0.15) is 6.79 Å². The van der Waals surface area contributed by atoms with Gasteiger partial charge in [0, 0.05) is 18.1 Å². The predicted molar refractivity (Wildman–Crippen MR) is 56.0 cm³/mol. The molecule has 84 valence electrons. The lowest BCUT2D eigenvalue weighted by atomic mass is 9.90. The summed E-state index contributed by atoms with van der Waals surface area (Å²) in [5, 5.41) is 3.67. The minimum Gasteiger partial charge on any atom is -0.359 e. The highest BCUT2D eigenvalue weighted by molar-refractivity contribution is 5.15. The van der Waals surface area contributed by atoms with E-state index in [1.807, 2.05) is 13.0 Å². The minimum absolute atomic E-state index is 0.186. The lowest BCUT2D eigenvalue weighted by Gasteiger charge is -2.31. The minimum atomic E-state index is -0.306. The molecule has 0 heterocycles. The van der Waals surface area contributed by atoms with Crippen molar-refractivity contribution in [1.29, 1.82) is 0 Å². The molecule has 0 bridgehead atoms. The molecular weight excluding hydrogens is 196 g/mol. The number of hydrogen-bond donors (Lipinski definition) is 1. The molecule has 0 amide bonds. The third kappa shape index (κ3) is 3.21. The van der Waals surface area contributed by atoms with Gasteiger partial charge in [-0.25, -0.2) is 0 Å². The second-order valence-corrected chi connectivity index (χ2v) is 3.60. The Balaban J connectivity index is 2.69. The van der Waals surface area contributed by atoms with Crippen LogP contribution in [0, 0.1) is 0 Å². The molecule has 0 saturated heterocycles. The molecule has 2 N–H and O–H groups in total. The SMILES string of the molecule is COCOC1C=C(C)CC(N=[N+]=[N-])C1N. The first-order chi connectivity index (χ1) is 7.19. The van der Waals surface area contributed by atoms with E-state index >= 15 is 0 Å². The van der Waals surface area contributed by atoms with Gasteiger partial charge in [0.2, 0.25) is 0 Å². The molecule has 0 aliphatic heterocycles. The van der Waals surface area contributed by atoms with Crippen LogP contribution >= 0.6 is 0 Å². The maximum atomic E-state index is 8.40. The Morgan fingerprint density at radius 2 is 2.47 bits per heavy atom. The average Bonchev–Trinajstić information content (AvgIpc) is 2.21. The molecule has 1 aliphatic carbocycles. The van der Waals surface area contributed by atoms with E-state index in [2.05, 4.69) is 10.0 Å². The van der Waals surface area contributed by atoms with E-state index in [9.17, 15) is 0 Å².